The molecule has 0 aliphatic heterocycles. The Bertz CT molecular complexity index is 848. The molecule has 2 heterocycles. The van der Waals surface area contributed by atoms with Gasteiger partial charge in [-0.3, -0.25) is 4.57 Å². The molecule has 0 spiro atoms. The predicted molar refractivity (Wildman–Crippen MR) is 75.5 cm³/mol. The van der Waals surface area contributed by atoms with Gasteiger partial charge >= 0.3 is 5.69 Å². The third-order valence-corrected chi connectivity index (χ3v) is 3.10. The molecule has 1 aromatic carbocycles. The molecule has 6 heteroatoms. The average Bonchev–Trinajstić information content (AvgIpc) is 2.75. The van der Waals surface area contributed by atoms with Gasteiger partial charge in [0.2, 0.25) is 5.89 Å². The van der Waals surface area contributed by atoms with E-state index in [2.05, 4.69) is 9.97 Å². The summed E-state index contributed by atoms with van der Waals surface area (Å²) in [6.45, 7) is 3.91. The van der Waals surface area contributed by atoms with Crippen molar-refractivity contribution in [2.75, 3.05) is 5.73 Å². The predicted octanol–water partition coefficient (Wildman–Crippen LogP) is 1.63. The van der Waals surface area contributed by atoms with Crippen LogP contribution in [-0.4, -0.2) is 14.5 Å². The first-order chi connectivity index (χ1) is 9.52. The fourth-order valence-electron chi connectivity index (χ4n) is 2.16. The maximum absolute atomic E-state index is 11.9. The van der Waals surface area contributed by atoms with Gasteiger partial charge in [-0.05, 0) is 38.1 Å². The van der Waals surface area contributed by atoms with E-state index < -0.39 is 0 Å². The molecule has 0 aliphatic rings. The molecule has 102 valence electrons. The number of hydrogen-bond donors (Lipinski definition) is 1. The van der Waals surface area contributed by atoms with Crippen molar-refractivity contribution in [2.24, 2.45) is 0 Å². The van der Waals surface area contributed by atoms with E-state index in [0.717, 1.165) is 5.69 Å². The zero-order valence-electron chi connectivity index (χ0n) is 11.3. The Kier molecular flexibility index (Phi) is 2.78. The third kappa shape index (κ3) is 2.16. The second-order valence-corrected chi connectivity index (χ2v) is 4.74. The first kappa shape index (κ1) is 12.4. The highest BCUT2D eigenvalue weighted by Crippen LogP contribution is 2.18. The molecular weight excluding hydrogens is 256 g/mol. The van der Waals surface area contributed by atoms with Gasteiger partial charge in [0.15, 0.2) is 5.58 Å². The van der Waals surface area contributed by atoms with Crippen LogP contribution in [-0.2, 0) is 6.54 Å². The van der Waals surface area contributed by atoms with E-state index >= 15 is 0 Å². The van der Waals surface area contributed by atoms with Gasteiger partial charge in [0, 0.05) is 17.1 Å². The number of nitrogens with zero attached hydrogens (tertiary/aromatic N) is 3. The quantitative estimate of drug-likeness (QED) is 0.715. The van der Waals surface area contributed by atoms with Gasteiger partial charge in [0.1, 0.15) is 12.1 Å². The summed E-state index contributed by atoms with van der Waals surface area (Å²) < 4.78 is 7.14. The Morgan fingerprint density at radius 3 is 2.80 bits per heavy atom. The van der Waals surface area contributed by atoms with Crippen LogP contribution in [0.25, 0.3) is 11.1 Å². The minimum atomic E-state index is -0.302. The summed E-state index contributed by atoms with van der Waals surface area (Å²) >= 11 is 0. The van der Waals surface area contributed by atoms with E-state index in [-0.39, 0.29) is 12.2 Å². The average molecular weight is 270 g/mol. The lowest BCUT2D eigenvalue weighted by atomic mass is 10.3. The normalized spacial score (nSPS) is 11.1. The van der Waals surface area contributed by atoms with Crippen molar-refractivity contribution in [3.63, 3.8) is 0 Å². The standard InChI is InChI=1S/C14H14N4O2/c1-8-5-9(2)18(14(19)16-8)7-13-17-11-6-10(15)3-4-12(11)20-13/h3-6H,7,15H2,1-2H3. The second-order valence-electron chi connectivity index (χ2n) is 4.74. The highest BCUT2D eigenvalue weighted by Gasteiger charge is 2.10. The molecule has 0 aliphatic carbocycles. The number of benzene rings is 1. The van der Waals surface area contributed by atoms with Gasteiger partial charge in [0.25, 0.3) is 0 Å². The second kappa shape index (κ2) is 4.48. The summed E-state index contributed by atoms with van der Waals surface area (Å²) in [7, 11) is 0. The Morgan fingerprint density at radius 2 is 2.05 bits per heavy atom. The maximum atomic E-state index is 11.9. The lowest BCUT2D eigenvalue weighted by molar-refractivity contribution is 0.496. The van der Waals surface area contributed by atoms with Crippen LogP contribution in [0.2, 0.25) is 0 Å². The number of aromatic nitrogens is 3. The van der Waals surface area contributed by atoms with Gasteiger partial charge in [-0.15, -0.1) is 0 Å². The van der Waals surface area contributed by atoms with Crippen LogP contribution >= 0.6 is 0 Å². The van der Waals surface area contributed by atoms with Crippen LogP contribution in [0.15, 0.2) is 33.5 Å². The van der Waals surface area contributed by atoms with Gasteiger partial charge < -0.3 is 10.2 Å². The summed E-state index contributed by atoms with van der Waals surface area (Å²) in [6, 6.07) is 7.11. The number of aryl methyl sites for hydroxylation is 2. The molecule has 0 saturated carbocycles. The number of fused-ring (bicyclic) bond motifs is 1. The van der Waals surface area contributed by atoms with E-state index in [1.807, 2.05) is 13.0 Å². The molecule has 3 aromatic rings. The van der Waals surface area contributed by atoms with Crippen LogP contribution < -0.4 is 11.4 Å². The van der Waals surface area contributed by atoms with E-state index in [1.54, 1.807) is 25.1 Å². The molecule has 2 aromatic heterocycles. The van der Waals surface area contributed by atoms with Crippen molar-refractivity contribution in [1.29, 1.82) is 0 Å². The van der Waals surface area contributed by atoms with E-state index in [9.17, 15) is 4.79 Å². The smallest absolute Gasteiger partial charge is 0.348 e. The van der Waals surface area contributed by atoms with Crippen molar-refractivity contribution in [3.05, 3.63) is 52.0 Å². The highest BCUT2D eigenvalue weighted by atomic mass is 16.3. The first-order valence-corrected chi connectivity index (χ1v) is 6.23. The minimum Gasteiger partial charge on any atom is -0.439 e. The van der Waals surface area contributed by atoms with Gasteiger partial charge in [-0.25, -0.2) is 9.78 Å². The number of hydrogen-bond acceptors (Lipinski definition) is 5. The van der Waals surface area contributed by atoms with Crippen molar-refractivity contribution in [2.45, 2.75) is 20.4 Å². The van der Waals surface area contributed by atoms with Gasteiger partial charge in [-0.2, -0.15) is 4.98 Å². The molecule has 0 fully saturated rings. The van der Waals surface area contributed by atoms with Crippen LogP contribution in [0.5, 0.6) is 0 Å². The van der Waals surface area contributed by atoms with Crippen LogP contribution in [0.3, 0.4) is 0 Å². The minimum absolute atomic E-state index is 0.256. The largest absolute Gasteiger partial charge is 0.439 e. The SMILES string of the molecule is Cc1cc(C)n(Cc2nc3cc(N)ccc3o2)c(=O)n1. The molecule has 0 bridgehead atoms. The van der Waals surface area contributed by atoms with E-state index in [4.69, 9.17) is 10.2 Å². The molecule has 20 heavy (non-hydrogen) atoms. The molecule has 0 saturated heterocycles. The number of rotatable bonds is 2. The summed E-state index contributed by atoms with van der Waals surface area (Å²) in [6.07, 6.45) is 0. The van der Waals surface area contributed by atoms with E-state index in [0.29, 0.717) is 28.4 Å². The van der Waals surface area contributed by atoms with E-state index in [1.165, 1.54) is 4.57 Å². The molecule has 0 atom stereocenters. The number of anilines is 1. The van der Waals surface area contributed by atoms with Gasteiger partial charge in [0.05, 0.1) is 0 Å². The Hall–Kier alpha value is -2.63. The van der Waals surface area contributed by atoms with Crippen molar-refractivity contribution < 1.29 is 4.42 Å². The monoisotopic (exact) mass is 270 g/mol. The van der Waals surface area contributed by atoms with Crippen molar-refractivity contribution >= 4 is 16.8 Å². The van der Waals surface area contributed by atoms with Crippen LogP contribution in [0.4, 0.5) is 5.69 Å². The molecule has 0 unspecified atom stereocenters. The molecule has 0 amide bonds. The topological polar surface area (TPSA) is 86.9 Å². The zero-order valence-corrected chi connectivity index (χ0v) is 11.3. The molecule has 6 nitrogen and oxygen atoms in total. The lowest BCUT2D eigenvalue weighted by Gasteiger charge is -2.06. The third-order valence-electron chi connectivity index (χ3n) is 3.10. The summed E-state index contributed by atoms with van der Waals surface area (Å²) in [5.74, 6) is 0.460. The Morgan fingerprint density at radius 1 is 1.25 bits per heavy atom. The lowest BCUT2D eigenvalue weighted by Crippen LogP contribution is -2.26. The highest BCUT2D eigenvalue weighted by molar-refractivity contribution is 5.76. The zero-order chi connectivity index (χ0) is 14.3. The molecule has 3 rings (SSSR count). The fourth-order valence-corrected chi connectivity index (χ4v) is 2.16. The summed E-state index contributed by atoms with van der Waals surface area (Å²) in [5, 5.41) is 0. The maximum Gasteiger partial charge on any atom is 0.348 e. The number of nitrogens with two attached hydrogens (primary N) is 1. The molecular formula is C14H14N4O2. The van der Waals surface area contributed by atoms with Crippen molar-refractivity contribution in [1.82, 2.24) is 14.5 Å². The first-order valence-electron chi connectivity index (χ1n) is 6.23. The number of nitrogen functional groups attached to an aromatic ring is 1. The summed E-state index contributed by atoms with van der Waals surface area (Å²) in [5.41, 5.74) is 8.89. The summed E-state index contributed by atoms with van der Waals surface area (Å²) in [4.78, 5) is 20.2. The molecule has 0 radical (unpaired) electrons. The Labute approximate surface area is 114 Å². The van der Waals surface area contributed by atoms with Gasteiger partial charge in [-0.1, -0.05) is 0 Å². The van der Waals surface area contributed by atoms with Crippen LogP contribution in [0, 0.1) is 13.8 Å². The Balaban J connectivity index is 2.03. The van der Waals surface area contributed by atoms with Crippen molar-refractivity contribution in [3.8, 4) is 0 Å². The molecule has 2 N–H and O–H groups in total. The van der Waals surface area contributed by atoms with Crippen LogP contribution in [0.1, 0.15) is 17.3 Å². The fraction of sp³-hybridized carbons (Fsp3) is 0.214. The number of oxazole rings is 1.